The first-order valence-electron chi connectivity index (χ1n) is 10.3. The van der Waals surface area contributed by atoms with Crippen LogP contribution in [0.4, 0.5) is 18.3 Å². The minimum atomic E-state index is -4.79. The van der Waals surface area contributed by atoms with E-state index in [2.05, 4.69) is 14.9 Å². The number of benzene rings is 2. The molecule has 1 amide bonds. The van der Waals surface area contributed by atoms with Gasteiger partial charge in [-0.25, -0.2) is 4.98 Å². The van der Waals surface area contributed by atoms with Gasteiger partial charge in [0.2, 0.25) is 5.91 Å². The number of halogens is 3. The Kier molecular flexibility index (Phi) is 5.67. The highest BCUT2D eigenvalue weighted by atomic mass is 32.1. The minimum Gasteiger partial charge on any atom is -0.406 e. The van der Waals surface area contributed by atoms with E-state index in [1.165, 1.54) is 23.1 Å². The second-order valence-corrected chi connectivity index (χ2v) is 8.62. The molecule has 2 aromatic carbocycles. The van der Waals surface area contributed by atoms with Crippen molar-refractivity contribution in [3.05, 3.63) is 48.2 Å². The summed E-state index contributed by atoms with van der Waals surface area (Å²) in [5, 5.41) is 5.17. The molecule has 5 rings (SSSR count). The van der Waals surface area contributed by atoms with E-state index in [4.69, 9.17) is 9.26 Å². The molecule has 0 saturated carbocycles. The number of aromatic nitrogens is 2. The number of rotatable bonds is 6. The fraction of sp³-hybridized carbons (Fsp3) is 0.318. The number of anilines is 1. The molecule has 1 aliphatic heterocycles. The Morgan fingerprint density at radius 1 is 1.24 bits per heavy atom. The maximum atomic E-state index is 13.4. The second kappa shape index (κ2) is 8.64. The van der Waals surface area contributed by atoms with Gasteiger partial charge in [0.1, 0.15) is 11.4 Å². The van der Waals surface area contributed by atoms with Gasteiger partial charge in [0.15, 0.2) is 10.7 Å². The van der Waals surface area contributed by atoms with Crippen LogP contribution in [0, 0.1) is 0 Å². The summed E-state index contributed by atoms with van der Waals surface area (Å²) in [6, 6.07) is 11.2. The normalized spacial score (nSPS) is 16.5. The molecule has 2 aromatic heterocycles. The summed E-state index contributed by atoms with van der Waals surface area (Å²) >= 11 is 1.12. The lowest BCUT2D eigenvalue weighted by molar-refractivity contribution is -0.274. The van der Waals surface area contributed by atoms with E-state index in [9.17, 15) is 18.0 Å². The summed E-state index contributed by atoms with van der Waals surface area (Å²) in [5.74, 6) is -0.591. The van der Waals surface area contributed by atoms with Gasteiger partial charge in [0, 0.05) is 18.1 Å². The average molecular weight is 477 g/mol. The molecule has 11 heteroatoms. The van der Waals surface area contributed by atoms with Crippen LogP contribution < -0.4 is 9.64 Å². The molecule has 1 atom stereocenters. The Labute approximate surface area is 189 Å². The molecule has 0 N–H and O–H groups in total. The van der Waals surface area contributed by atoms with E-state index in [0.717, 1.165) is 29.6 Å². The van der Waals surface area contributed by atoms with Crippen LogP contribution in [-0.2, 0) is 16.0 Å². The molecule has 4 aromatic rings. The number of amides is 1. The quantitative estimate of drug-likeness (QED) is 0.385. The fourth-order valence-corrected chi connectivity index (χ4v) is 4.81. The van der Waals surface area contributed by atoms with Gasteiger partial charge < -0.3 is 14.0 Å². The third kappa shape index (κ3) is 4.79. The highest BCUT2D eigenvalue weighted by Crippen LogP contribution is 2.34. The van der Waals surface area contributed by atoms with Gasteiger partial charge in [0.25, 0.3) is 0 Å². The molecule has 0 radical (unpaired) electrons. The highest BCUT2D eigenvalue weighted by molar-refractivity contribution is 7.22. The van der Waals surface area contributed by atoms with Crippen molar-refractivity contribution < 1.29 is 32.0 Å². The molecule has 33 heavy (non-hydrogen) atoms. The third-order valence-corrected chi connectivity index (χ3v) is 6.34. The summed E-state index contributed by atoms with van der Waals surface area (Å²) in [4.78, 5) is 19.4. The lowest BCUT2D eigenvalue weighted by Gasteiger charge is -2.22. The maximum absolute atomic E-state index is 13.4. The van der Waals surface area contributed by atoms with Crippen molar-refractivity contribution in [1.82, 2.24) is 10.1 Å². The van der Waals surface area contributed by atoms with E-state index in [1.807, 2.05) is 18.2 Å². The highest BCUT2D eigenvalue weighted by Gasteiger charge is 2.32. The van der Waals surface area contributed by atoms with E-state index in [-0.39, 0.29) is 24.2 Å². The van der Waals surface area contributed by atoms with Crippen LogP contribution in [-0.4, -0.2) is 41.7 Å². The smallest absolute Gasteiger partial charge is 0.406 e. The number of hydrogen-bond acceptors (Lipinski definition) is 7. The van der Waals surface area contributed by atoms with Crippen LogP contribution in [0.15, 0.2) is 47.0 Å². The van der Waals surface area contributed by atoms with Crippen molar-refractivity contribution in [3.8, 4) is 5.75 Å². The van der Waals surface area contributed by atoms with Gasteiger partial charge in [-0.05, 0) is 37.1 Å². The number of ether oxygens (including phenoxy) is 2. The van der Waals surface area contributed by atoms with Gasteiger partial charge in [-0.2, -0.15) is 0 Å². The second-order valence-electron chi connectivity index (χ2n) is 7.62. The number of carbonyl (C=O) groups is 1. The van der Waals surface area contributed by atoms with Crippen LogP contribution in [0.5, 0.6) is 5.75 Å². The molecule has 0 aliphatic carbocycles. The predicted octanol–water partition coefficient (Wildman–Crippen LogP) is 5.09. The maximum Gasteiger partial charge on any atom is 0.573 e. The molecular weight excluding hydrogens is 459 g/mol. The first kappa shape index (κ1) is 21.7. The number of alkyl halides is 3. The Morgan fingerprint density at radius 3 is 2.88 bits per heavy atom. The standard InChI is InChI=1S/C22H18F3N3O4S/c23-22(24,25)31-13-7-8-16-19(10-13)33-21(26-16)28(12-14-4-3-9-30-14)20(29)11-17-15-5-1-2-6-18(15)32-27-17/h1-2,5-8,10,14H,3-4,9,11-12H2. The van der Waals surface area contributed by atoms with E-state index in [0.29, 0.717) is 39.8 Å². The molecule has 172 valence electrons. The van der Waals surface area contributed by atoms with Gasteiger partial charge >= 0.3 is 6.36 Å². The third-order valence-electron chi connectivity index (χ3n) is 5.30. The van der Waals surface area contributed by atoms with Gasteiger partial charge in [-0.1, -0.05) is 28.6 Å². The number of hydrogen-bond donors (Lipinski definition) is 0. The Hall–Kier alpha value is -3.18. The van der Waals surface area contributed by atoms with Gasteiger partial charge in [-0.15, -0.1) is 13.2 Å². The predicted molar refractivity (Wildman–Crippen MR) is 115 cm³/mol. The monoisotopic (exact) mass is 477 g/mol. The number of carbonyl (C=O) groups excluding carboxylic acids is 1. The average Bonchev–Trinajstić information content (AvgIpc) is 3.50. The van der Waals surface area contributed by atoms with E-state index >= 15 is 0 Å². The van der Waals surface area contributed by atoms with Crippen LogP contribution in [0.1, 0.15) is 18.5 Å². The Balaban J connectivity index is 1.45. The number of para-hydroxylation sites is 1. The van der Waals surface area contributed by atoms with Gasteiger partial charge in [-0.3, -0.25) is 9.69 Å². The van der Waals surface area contributed by atoms with Crippen molar-refractivity contribution in [2.24, 2.45) is 0 Å². The molecular formula is C22H18F3N3O4S. The number of nitrogens with zero attached hydrogens (tertiary/aromatic N) is 3. The molecule has 1 saturated heterocycles. The SMILES string of the molecule is O=C(Cc1noc2ccccc12)N(CC1CCCO1)c1nc2ccc(OC(F)(F)F)cc2s1. The summed E-state index contributed by atoms with van der Waals surface area (Å²) in [5.41, 5.74) is 1.57. The van der Waals surface area contributed by atoms with Crippen molar-refractivity contribution in [1.29, 1.82) is 0 Å². The molecule has 1 unspecified atom stereocenters. The van der Waals surface area contributed by atoms with Crippen LogP contribution in [0.2, 0.25) is 0 Å². The zero-order valence-corrected chi connectivity index (χ0v) is 18.0. The molecule has 3 heterocycles. The van der Waals surface area contributed by atoms with Crippen molar-refractivity contribution in [2.45, 2.75) is 31.7 Å². The molecule has 7 nitrogen and oxygen atoms in total. The fourth-order valence-electron chi connectivity index (χ4n) is 3.79. The van der Waals surface area contributed by atoms with Crippen LogP contribution in [0.3, 0.4) is 0 Å². The first-order chi connectivity index (χ1) is 15.9. The molecule has 0 spiro atoms. The zero-order valence-electron chi connectivity index (χ0n) is 17.2. The van der Waals surface area contributed by atoms with Crippen molar-refractivity contribution >= 4 is 43.6 Å². The Bertz CT molecular complexity index is 1300. The van der Waals surface area contributed by atoms with Gasteiger partial charge in [0.05, 0.1) is 29.3 Å². The molecule has 1 aliphatic rings. The molecule has 0 bridgehead atoms. The number of fused-ring (bicyclic) bond motifs is 2. The summed E-state index contributed by atoms with van der Waals surface area (Å²) < 4.78 is 53.3. The summed E-state index contributed by atoms with van der Waals surface area (Å²) in [6.07, 6.45) is -3.23. The van der Waals surface area contributed by atoms with E-state index in [1.54, 1.807) is 6.07 Å². The van der Waals surface area contributed by atoms with E-state index < -0.39 is 6.36 Å². The molecule has 1 fully saturated rings. The largest absolute Gasteiger partial charge is 0.573 e. The summed E-state index contributed by atoms with van der Waals surface area (Å²) in [6.45, 7) is 0.916. The first-order valence-corrected chi connectivity index (χ1v) is 11.1. The van der Waals surface area contributed by atoms with Crippen LogP contribution >= 0.6 is 11.3 Å². The van der Waals surface area contributed by atoms with Crippen molar-refractivity contribution in [2.75, 3.05) is 18.1 Å². The summed E-state index contributed by atoms with van der Waals surface area (Å²) in [7, 11) is 0. The van der Waals surface area contributed by atoms with Crippen molar-refractivity contribution in [3.63, 3.8) is 0 Å². The zero-order chi connectivity index (χ0) is 23.0. The lowest BCUT2D eigenvalue weighted by atomic mass is 10.1. The topological polar surface area (TPSA) is 77.7 Å². The minimum absolute atomic E-state index is 0.0118. The number of thiazole rings is 1. The lowest BCUT2D eigenvalue weighted by Crippen LogP contribution is -2.38. The van der Waals surface area contributed by atoms with Crippen LogP contribution in [0.25, 0.3) is 21.2 Å². The Morgan fingerprint density at radius 2 is 2.09 bits per heavy atom.